The van der Waals surface area contributed by atoms with Gasteiger partial charge in [0.05, 0.1) is 11.9 Å². The number of likely N-dealkylation sites (N-methyl/N-ethyl adjacent to an activating group) is 1. The minimum Gasteiger partial charge on any atom is -0.444 e. The van der Waals surface area contributed by atoms with Crippen LogP contribution in [0, 0.1) is 0 Å². The van der Waals surface area contributed by atoms with Crippen LogP contribution in [0.4, 0.5) is 10.6 Å². The Balaban J connectivity index is 1.71. The molecule has 9 nitrogen and oxygen atoms in total. The van der Waals surface area contributed by atoms with Gasteiger partial charge in [-0.1, -0.05) is 12.1 Å². The molecule has 0 unspecified atom stereocenters. The Morgan fingerprint density at radius 3 is 2.70 bits per heavy atom. The fourth-order valence-electron chi connectivity index (χ4n) is 2.78. The number of carbonyl (C=O) groups excluding carboxylic acids is 2. The molecule has 0 saturated heterocycles. The van der Waals surface area contributed by atoms with E-state index in [0.29, 0.717) is 30.1 Å². The Bertz CT molecular complexity index is 1070. The second-order valence-electron chi connectivity index (χ2n) is 7.91. The van der Waals surface area contributed by atoms with Crippen LogP contribution in [0.25, 0.3) is 16.9 Å². The van der Waals surface area contributed by atoms with E-state index in [2.05, 4.69) is 15.4 Å². The van der Waals surface area contributed by atoms with E-state index in [4.69, 9.17) is 10.5 Å². The zero-order valence-corrected chi connectivity index (χ0v) is 17.5. The van der Waals surface area contributed by atoms with E-state index in [0.717, 1.165) is 11.3 Å². The number of anilines is 1. The summed E-state index contributed by atoms with van der Waals surface area (Å²) >= 11 is 0. The zero-order chi connectivity index (χ0) is 21.9. The number of nitrogens with zero attached hydrogens (tertiary/aromatic N) is 4. The lowest BCUT2D eigenvalue weighted by atomic mass is 10.1. The smallest absolute Gasteiger partial charge is 0.410 e. The Kier molecular flexibility index (Phi) is 5.91. The number of primary amides is 1. The van der Waals surface area contributed by atoms with Gasteiger partial charge in [-0.05, 0) is 45.0 Å². The van der Waals surface area contributed by atoms with Crippen molar-refractivity contribution < 1.29 is 14.3 Å². The lowest BCUT2D eigenvalue weighted by molar-refractivity contribution is 0.0305. The molecule has 3 N–H and O–H groups in total. The first-order chi connectivity index (χ1) is 14.1. The van der Waals surface area contributed by atoms with Crippen LogP contribution in [0.15, 0.2) is 42.6 Å². The fourth-order valence-corrected chi connectivity index (χ4v) is 2.78. The minimum atomic E-state index is -0.533. The quantitative estimate of drug-likeness (QED) is 0.646. The molecule has 1 aromatic carbocycles. The molecule has 0 spiro atoms. The number of imidazole rings is 1. The third kappa shape index (κ3) is 5.05. The van der Waals surface area contributed by atoms with Gasteiger partial charge in [0.2, 0.25) is 5.91 Å². The molecule has 2 heterocycles. The van der Waals surface area contributed by atoms with E-state index in [-0.39, 0.29) is 6.09 Å². The molecule has 0 aliphatic carbocycles. The van der Waals surface area contributed by atoms with Gasteiger partial charge in [-0.3, -0.25) is 4.79 Å². The highest BCUT2D eigenvalue weighted by Gasteiger charge is 2.19. The summed E-state index contributed by atoms with van der Waals surface area (Å²) in [5, 5.41) is 7.78. The monoisotopic (exact) mass is 410 g/mol. The van der Waals surface area contributed by atoms with Crippen LogP contribution >= 0.6 is 0 Å². The van der Waals surface area contributed by atoms with Crippen molar-refractivity contribution in [2.24, 2.45) is 5.73 Å². The molecule has 0 atom stereocenters. The SMILES string of the molecule is CN(CCNc1ccc2ncc(-c3cccc(C(N)=O)c3)n2n1)C(=O)OC(C)(C)C. The normalized spacial score (nSPS) is 11.3. The number of hydrogen-bond donors (Lipinski definition) is 2. The number of nitrogens with one attached hydrogen (secondary N) is 1. The van der Waals surface area contributed by atoms with Crippen molar-refractivity contribution in [2.45, 2.75) is 26.4 Å². The van der Waals surface area contributed by atoms with E-state index < -0.39 is 11.5 Å². The van der Waals surface area contributed by atoms with E-state index in [1.807, 2.05) is 39.0 Å². The van der Waals surface area contributed by atoms with Gasteiger partial charge in [0, 0.05) is 31.3 Å². The van der Waals surface area contributed by atoms with Crippen LogP contribution in [0.2, 0.25) is 0 Å². The van der Waals surface area contributed by atoms with Crippen molar-refractivity contribution >= 4 is 23.5 Å². The number of nitrogens with two attached hydrogens (primary N) is 1. The highest BCUT2D eigenvalue weighted by molar-refractivity contribution is 5.94. The molecular weight excluding hydrogens is 384 g/mol. The summed E-state index contributed by atoms with van der Waals surface area (Å²) in [7, 11) is 1.69. The number of amides is 2. The average Bonchev–Trinajstić information content (AvgIpc) is 3.10. The average molecular weight is 410 g/mol. The summed E-state index contributed by atoms with van der Waals surface area (Å²) in [6.45, 7) is 6.44. The maximum Gasteiger partial charge on any atom is 0.410 e. The topological polar surface area (TPSA) is 115 Å². The van der Waals surface area contributed by atoms with Crippen molar-refractivity contribution in [3.8, 4) is 11.3 Å². The Hall–Kier alpha value is -3.62. The summed E-state index contributed by atoms with van der Waals surface area (Å²) in [5.74, 6) is 0.139. The summed E-state index contributed by atoms with van der Waals surface area (Å²) in [5.41, 5.74) is 7.46. The molecule has 9 heteroatoms. The molecule has 0 aliphatic rings. The van der Waals surface area contributed by atoms with Gasteiger partial charge in [0.1, 0.15) is 11.4 Å². The van der Waals surface area contributed by atoms with Crippen LogP contribution in [0.3, 0.4) is 0 Å². The summed E-state index contributed by atoms with van der Waals surface area (Å²) < 4.78 is 7.03. The Labute approximate surface area is 174 Å². The molecule has 2 amide bonds. The van der Waals surface area contributed by atoms with Crippen LogP contribution < -0.4 is 11.1 Å². The number of ether oxygens (including phenoxy) is 1. The van der Waals surface area contributed by atoms with Gasteiger partial charge in [-0.25, -0.2) is 14.3 Å². The van der Waals surface area contributed by atoms with Crippen LogP contribution in [-0.2, 0) is 4.74 Å². The lowest BCUT2D eigenvalue weighted by Crippen LogP contribution is -2.36. The molecule has 158 valence electrons. The first kappa shape index (κ1) is 21.1. The molecule has 0 fully saturated rings. The third-order valence-corrected chi connectivity index (χ3v) is 4.26. The minimum absolute atomic E-state index is 0.376. The van der Waals surface area contributed by atoms with Crippen molar-refractivity contribution in [1.82, 2.24) is 19.5 Å². The first-order valence-electron chi connectivity index (χ1n) is 9.57. The zero-order valence-electron chi connectivity index (χ0n) is 17.5. The van der Waals surface area contributed by atoms with Crippen molar-refractivity contribution in [2.75, 3.05) is 25.5 Å². The van der Waals surface area contributed by atoms with Crippen LogP contribution in [0.1, 0.15) is 31.1 Å². The second-order valence-corrected chi connectivity index (χ2v) is 7.91. The van der Waals surface area contributed by atoms with E-state index >= 15 is 0 Å². The molecule has 0 saturated carbocycles. The highest BCUT2D eigenvalue weighted by Crippen LogP contribution is 2.22. The maximum atomic E-state index is 12.0. The molecule has 3 aromatic rings. The van der Waals surface area contributed by atoms with E-state index in [1.165, 1.54) is 4.90 Å². The van der Waals surface area contributed by atoms with Crippen molar-refractivity contribution in [3.05, 3.63) is 48.2 Å². The van der Waals surface area contributed by atoms with Crippen LogP contribution in [0.5, 0.6) is 0 Å². The standard InChI is InChI=1S/C21H26N6O3/c1-21(2,3)30-20(29)26(4)11-10-23-17-8-9-18-24-13-16(27(18)25-17)14-6-5-7-15(12-14)19(22)28/h5-9,12-13H,10-11H2,1-4H3,(H2,22,28)(H,23,25). The van der Waals surface area contributed by atoms with Gasteiger partial charge in [-0.15, -0.1) is 5.10 Å². The van der Waals surface area contributed by atoms with Gasteiger partial charge in [-0.2, -0.15) is 0 Å². The van der Waals surface area contributed by atoms with Gasteiger partial charge >= 0.3 is 6.09 Å². The predicted octanol–water partition coefficient (Wildman–Crippen LogP) is 2.77. The fraction of sp³-hybridized carbons (Fsp3) is 0.333. The number of hydrogen-bond acceptors (Lipinski definition) is 6. The van der Waals surface area contributed by atoms with Gasteiger partial charge < -0.3 is 20.7 Å². The maximum absolute atomic E-state index is 12.0. The van der Waals surface area contributed by atoms with Crippen molar-refractivity contribution in [3.63, 3.8) is 0 Å². The summed E-state index contributed by atoms with van der Waals surface area (Å²) in [6, 6.07) is 10.7. The summed E-state index contributed by atoms with van der Waals surface area (Å²) in [6.07, 6.45) is 1.32. The number of aromatic nitrogens is 3. The Morgan fingerprint density at radius 2 is 2.00 bits per heavy atom. The number of rotatable bonds is 6. The molecular formula is C21H26N6O3. The first-order valence-corrected chi connectivity index (χ1v) is 9.57. The third-order valence-electron chi connectivity index (χ3n) is 4.26. The summed E-state index contributed by atoms with van der Waals surface area (Å²) in [4.78, 5) is 29.4. The molecule has 30 heavy (non-hydrogen) atoms. The van der Waals surface area contributed by atoms with Gasteiger partial charge in [0.25, 0.3) is 0 Å². The number of carbonyl (C=O) groups is 2. The number of benzene rings is 1. The van der Waals surface area contributed by atoms with E-state index in [9.17, 15) is 9.59 Å². The lowest BCUT2D eigenvalue weighted by Gasteiger charge is -2.24. The van der Waals surface area contributed by atoms with E-state index in [1.54, 1.807) is 36.0 Å². The molecule has 0 radical (unpaired) electrons. The largest absolute Gasteiger partial charge is 0.444 e. The Morgan fingerprint density at radius 1 is 1.23 bits per heavy atom. The highest BCUT2D eigenvalue weighted by atomic mass is 16.6. The number of fused-ring (bicyclic) bond motifs is 1. The molecule has 0 bridgehead atoms. The van der Waals surface area contributed by atoms with Crippen LogP contribution in [-0.4, -0.2) is 57.2 Å². The predicted molar refractivity (Wildman–Crippen MR) is 114 cm³/mol. The molecule has 3 rings (SSSR count). The second kappa shape index (κ2) is 8.40. The molecule has 2 aromatic heterocycles. The van der Waals surface area contributed by atoms with Crippen molar-refractivity contribution in [1.29, 1.82) is 0 Å². The molecule has 0 aliphatic heterocycles. The van der Waals surface area contributed by atoms with Gasteiger partial charge in [0.15, 0.2) is 5.65 Å².